The van der Waals surface area contributed by atoms with Crippen molar-refractivity contribution in [2.45, 2.75) is 6.42 Å². The predicted molar refractivity (Wildman–Crippen MR) is 77.6 cm³/mol. The van der Waals surface area contributed by atoms with Crippen molar-refractivity contribution in [1.29, 1.82) is 0 Å². The first-order valence-electron chi connectivity index (χ1n) is 6.49. The van der Waals surface area contributed by atoms with E-state index in [0.717, 1.165) is 17.1 Å². The lowest BCUT2D eigenvalue weighted by Gasteiger charge is -2.10. The van der Waals surface area contributed by atoms with Gasteiger partial charge in [0.15, 0.2) is 0 Å². The van der Waals surface area contributed by atoms with Gasteiger partial charge in [-0.3, -0.25) is 9.78 Å². The number of nitrogens with one attached hydrogen (secondary N) is 1. The average Bonchev–Trinajstić information content (AvgIpc) is 2.55. The van der Waals surface area contributed by atoms with E-state index < -0.39 is 0 Å². The smallest absolute Gasteiger partial charge is 0.271 e. The highest BCUT2D eigenvalue weighted by Gasteiger charge is 2.08. The molecule has 1 amide bonds. The number of benzene rings is 1. The summed E-state index contributed by atoms with van der Waals surface area (Å²) in [6.07, 6.45) is 5.10. The molecular formula is C15H17N3O3. The fraction of sp³-hybridized carbons (Fsp3) is 0.267. The van der Waals surface area contributed by atoms with Crippen molar-refractivity contribution in [1.82, 2.24) is 15.3 Å². The second-order valence-corrected chi connectivity index (χ2v) is 4.27. The molecule has 0 aliphatic carbocycles. The Hall–Kier alpha value is -2.63. The monoisotopic (exact) mass is 287 g/mol. The minimum atomic E-state index is -0.240. The first-order chi connectivity index (χ1) is 10.2. The molecule has 2 aromatic rings. The van der Waals surface area contributed by atoms with Gasteiger partial charge >= 0.3 is 0 Å². The molecule has 21 heavy (non-hydrogen) atoms. The van der Waals surface area contributed by atoms with E-state index in [2.05, 4.69) is 15.3 Å². The molecule has 1 aromatic heterocycles. The van der Waals surface area contributed by atoms with Crippen LogP contribution in [0.3, 0.4) is 0 Å². The van der Waals surface area contributed by atoms with Gasteiger partial charge in [-0.2, -0.15) is 0 Å². The summed E-state index contributed by atoms with van der Waals surface area (Å²) in [6.45, 7) is 0.484. The third-order valence-electron chi connectivity index (χ3n) is 2.97. The highest BCUT2D eigenvalue weighted by molar-refractivity contribution is 5.91. The molecule has 0 atom stereocenters. The molecule has 0 bridgehead atoms. The van der Waals surface area contributed by atoms with E-state index in [1.54, 1.807) is 14.2 Å². The maximum atomic E-state index is 11.8. The van der Waals surface area contributed by atoms with Gasteiger partial charge in [-0.05, 0) is 18.1 Å². The summed E-state index contributed by atoms with van der Waals surface area (Å²) in [4.78, 5) is 19.6. The van der Waals surface area contributed by atoms with Gasteiger partial charge in [0.05, 0.1) is 20.4 Å². The first kappa shape index (κ1) is 14.8. The van der Waals surface area contributed by atoms with Crippen LogP contribution < -0.4 is 14.8 Å². The number of amides is 1. The lowest BCUT2D eigenvalue weighted by molar-refractivity contribution is 0.0948. The zero-order valence-electron chi connectivity index (χ0n) is 12.0. The lowest BCUT2D eigenvalue weighted by Crippen LogP contribution is -2.26. The summed E-state index contributed by atoms with van der Waals surface area (Å²) >= 11 is 0. The van der Waals surface area contributed by atoms with Crippen LogP contribution >= 0.6 is 0 Å². The Labute approximate surface area is 123 Å². The minimum Gasteiger partial charge on any atom is -0.497 e. The topological polar surface area (TPSA) is 73.3 Å². The molecule has 1 aromatic carbocycles. The number of nitrogens with zero attached hydrogens (tertiary/aromatic N) is 2. The molecule has 0 fully saturated rings. The van der Waals surface area contributed by atoms with Crippen LogP contribution in [0.4, 0.5) is 0 Å². The highest BCUT2D eigenvalue weighted by atomic mass is 16.5. The molecule has 0 saturated heterocycles. The molecule has 0 unspecified atom stereocenters. The third kappa shape index (κ3) is 3.92. The van der Waals surface area contributed by atoms with Gasteiger partial charge in [0, 0.05) is 25.0 Å². The average molecular weight is 287 g/mol. The quantitative estimate of drug-likeness (QED) is 0.871. The van der Waals surface area contributed by atoms with E-state index in [4.69, 9.17) is 9.47 Å². The van der Waals surface area contributed by atoms with Crippen LogP contribution in [0.2, 0.25) is 0 Å². The minimum absolute atomic E-state index is 0.240. The van der Waals surface area contributed by atoms with Crippen molar-refractivity contribution in [2.75, 3.05) is 20.8 Å². The molecule has 6 heteroatoms. The van der Waals surface area contributed by atoms with E-state index in [1.807, 2.05) is 18.2 Å². The maximum absolute atomic E-state index is 11.8. The Morgan fingerprint density at radius 1 is 1.24 bits per heavy atom. The summed E-state index contributed by atoms with van der Waals surface area (Å²) in [5.74, 6) is 1.23. The van der Waals surface area contributed by atoms with Crippen LogP contribution in [-0.4, -0.2) is 36.6 Å². The van der Waals surface area contributed by atoms with Crippen molar-refractivity contribution in [2.24, 2.45) is 0 Å². The van der Waals surface area contributed by atoms with Crippen molar-refractivity contribution >= 4 is 5.91 Å². The first-order valence-corrected chi connectivity index (χ1v) is 6.49. The molecule has 2 rings (SSSR count). The standard InChI is InChI=1S/C15H17N3O3/c1-20-12-4-3-11(14(9-12)21-2)5-6-18-15(19)13-10-16-7-8-17-13/h3-4,7-10H,5-6H2,1-2H3,(H,18,19). The van der Waals surface area contributed by atoms with Crippen LogP contribution in [0.1, 0.15) is 16.1 Å². The second kappa shape index (κ2) is 7.23. The third-order valence-corrected chi connectivity index (χ3v) is 2.97. The molecule has 0 saturated carbocycles. The SMILES string of the molecule is COc1ccc(CCNC(=O)c2cnccn2)c(OC)c1. The Balaban J connectivity index is 1.93. The number of aromatic nitrogens is 2. The van der Waals surface area contributed by atoms with Crippen LogP contribution in [0, 0.1) is 0 Å². The van der Waals surface area contributed by atoms with Crippen LogP contribution in [0.25, 0.3) is 0 Å². The Morgan fingerprint density at radius 2 is 2.10 bits per heavy atom. The van der Waals surface area contributed by atoms with Gasteiger partial charge in [0.2, 0.25) is 0 Å². The molecule has 0 aliphatic heterocycles. The number of methoxy groups -OCH3 is 2. The number of hydrogen-bond acceptors (Lipinski definition) is 5. The van der Waals surface area contributed by atoms with Gasteiger partial charge in [0.1, 0.15) is 17.2 Å². The molecule has 0 spiro atoms. The fourth-order valence-electron chi connectivity index (χ4n) is 1.88. The summed E-state index contributed by atoms with van der Waals surface area (Å²) in [6, 6.07) is 5.61. The van der Waals surface area contributed by atoms with Gasteiger partial charge in [-0.15, -0.1) is 0 Å². The van der Waals surface area contributed by atoms with Gasteiger partial charge in [0.25, 0.3) is 5.91 Å². The number of ether oxygens (including phenoxy) is 2. The van der Waals surface area contributed by atoms with E-state index >= 15 is 0 Å². The number of hydrogen-bond donors (Lipinski definition) is 1. The highest BCUT2D eigenvalue weighted by Crippen LogP contribution is 2.24. The molecule has 1 N–H and O–H groups in total. The molecule has 1 heterocycles. The summed E-state index contributed by atoms with van der Waals surface area (Å²) in [5, 5.41) is 2.80. The molecular weight excluding hydrogens is 270 g/mol. The summed E-state index contributed by atoms with van der Waals surface area (Å²) in [5.41, 5.74) is 1.30. The largest absolute Gasteiger partial charge is 0.497 e. The van der Waals surface area contributed by atoms with Crippen molar-refractivity contribution in [3.8, 4) is 11.5 Å². The number of carbonyl (C=O) groups excluding carboxylic acids is 1. The zero-order valence-corrected chi connectivity index (χ0v) is 12.0. The van der Waals surface area contributed by atoms with Gasteiger partial charge in [-0.25, -0.2) is 4.98 Å². The molecule has 6 nitrogen and oxygen atoms in total. The second-order valence-electron chi connectivity index (χ2n) is 4.27. The Bertz CT molecular complexity index is 602. The molecule has 0 radical (unpaired) electrons. The fourth-order valence-corrected chi connectivity index (χ4v) is 1.88. The molecule has 110 valence electrons. The maximum Gasteiger partial charge on any atom is 0.271 e. The van der Waals surface area contributed by atoms with E-state index in [-0.39, 0.29) is 5.91 Å². The van der Waals surface area contributed by atoms with Crippen molar-refractivity contribution in [3.05, 3.63) is 48.0 Å². The van der Waals surface area contributed by atoms with Crippen LogP contribution in [-0.2, 0) is 6.42 Å². The molecule has 0 aliphatic rings. The van der Waals surface area contributed by atoms with E-state index in [9.17, 15) is 4.79 Å². The van der Waals surface area contributed by atoms with Gasteiger partial charge < -0.3 is 14.8 Å². The van der Waals surface area contributed by atoms with Crippen molar-refractivity contribution in [3.63, 3.8) is 0 Å². The Kier molecular flexibility index (Phi) is 5.09. The zero-order chi connectivity index (χ0) is 15.1. The number of rotatable bonds is 6. The normalized spacial score (nSPS) is 10.0. The summed E-state index contributed by atoms with van der Waals surface area (Å²) in [7, 11) is 3.21. The van der Waals surface area contributed by atoms with Gasteiger partial charge in [-0.1, -0.05) is 6.07 Å². The van der Waals surface area contributed by atoms with Crippen molar-refractivity contribution < 1.29 is 14.3 Å². The van der Waals surface area contributed by atoms with E-state index in [0.29, 0.717) is 18.7 Å². The lowest BCUT2D eigenvalue weighted by atomic mass is 10.1. The van der Waals surface area contributed by atoms with Crippen LogP contribution in [0.5, 0.6) is 11.5 Å². The Morgan fingerprint density at radius 3 is 2.76 bits per heavy atom. The number of carbonyl (C=O) groups is 1. The van der Waals surface area contributed by atoms with Crippen LogP contribution in [0.15, 0.2) is 36.8 Å². The van der Waals surface area contributed by atoms with E-state index in [1.165, 1.54) is 18.6 Å². The predicted octanol–water partition coefficient (Wildman–Crippen LogP) is 1.47. The summed E-state index contributed by atoms with van der Waals surface area (Å²) < 4.78 is 10.5.